The van der Waals surface area contributed by atoms with E-state index in [2.05, 4.69) is 22.9 Å². The number of hydrogen-bond donors (Lipinski definition) is 3. The normalized spacial score (nSPS) is 11.9. The predicted molar refractivity (Wildman–Crippen MR) is 110 cm³/mol. The smallest absolute Gasteiger partial charge is 0.251 e. The van der Waals surface area contributed by atoms with E-state index >= 15 is 0 Å². The highest BCUT2D eigenvalue weighted by atomic mass is 16.2. The van der Waals surface area contributed by atoms with Crippen LogP contribution in [0.2, 0.25) is 0 Å². The lowest BCUT2D eigenvalue weighted by Crippen LogP contribution is -2.47. The maximum atomic E-state index is 12.8. The zero-order valence-electron chi connectivity index (χ0n) is 16.5. The minimum atomic E-state index is -0.615. The Morgan fingerprint density at radius 3 is 2.44 bits per heavy atom. The van der Waals surface area contributed by atoms with Gasteiger partial charge in [0.15, 0.2) is 0 Å². The van der Waals surface area contributed by atoms with Crippen molar-refractivity contribution in [2.45, 2.75) is 40.3 Å². The highest BCUT2D eigenvalue weighted by molar-refractivity contribution is 6.01. The molecule has 27 heavy (non-hydrogen) atoms. The van der Waals surface area contributed by atoms with E-state index < -0.39 is 6.04 Å². The molecule has 2 amide bonds. The van der Waals surface area contributed by atoms with Crippen LogP contribution in [0.15, 0.2) is 48.5 Å². The Kier molecular flexibility index (Phi) is 7.55. The molecule has 5 nitrogen and oxygen atoms in total. The van der Waals surface area contributed by atoms with Crippen molar-refractivity contribution in [1.29, 1.82) is 0 Å². The van der Waals surface area contributed by atoms with E-state index in [1.54, 1.807) is 6.07 Å². The summed E-state index contributed by atoms with van der Waals surface area (Å²) in [4.78, 5) is 25.3. The number of amides is 2. The Hall–Kier alpha value is -2.66. The molecular weight excluding hydrogens is 338 g/mol. The van der Waals surface area contributed by atoms with Gasteiger partial charge in [0, 0.05) is 17.8 Å². The van der Waals surface area contributed by atoms with Crippen LogP contribution in [0.25, 0.3) is 0 Å². The molecule has 144 valence electrons. The quantitative estimate of drug-likeness (QED) is 0.669. The fourth-order valence-corrected chi connectivity index (χ4v) is 2.79. The van der Waals surface area contributed by atoms with Gasteiger partial charge in [-0.2, -0.15) is 0 Å². The van der Waals surface area contributed by atoms with Crippen molar-refractivity contribution in [3.8, 4) is 0 Å². The summed E-state index contributed by atoms with van der Waals surface area (Å²) in [5, 5.41) is 9.06. The van der Waals surface area contributed by atoms with Crippen LogP contribution in [0.3, 0.4) is 0 Å². The van der Waals surface area contributed by atoms with Crippen LogP contribution in [-0.2, 0) is 11.3 Å². The average Bonchev–Trinajstić information content (AvgIpc) is 2.64. The number of hydrogen-bond acceptors (Lipinski definition) is 3. The second-order valence-electron chi connectivity index (χ2n) is 7.03. The van der Waals surface area contributed by atoms with Crippen molar-refractivity contribution in [2.24, 2.45) is 5.92 Å². The predicted octanol–water partition coefficient (Wildman–Crippen LogP) is 3.50. The Bertz CT molecular complexity index is 787. The first kappa shape index (κ1) is 20.6. The van der Waals surface area contributed by atoms with Crippen LogP contribution in [0.1, 0.15) is 42.3 Å². The second kappa shape index (κ2) is 9.88. The van der Waals surface area contributed by atoms with Gasteiger partial charge in [-0.15, -0.1) is 0 Å². The third-order valence-corrected chi connectivity index (χ3v) is 4.29. The molecule has 0 saturated heterocycles. The third kappa shape index (κ3) is 6.22. The molecule has 3 N–H and O–H groups in total. The molecule has 2 rings (SSSR count). The van der Waals surface area contributed by atoms with Gasteiger partial charge in [-0.3, -0.25) is 9.59 Å². The van der Waals surface area contributed by atoms with Gasteiger partial charge in [0.2, 0.25) is 5.91 Å². The number of anilines is 1. The molecule has 1 atom stereocenters. The molecule has 0 fully saturated rings. The van der Waals surface area contributed by atoms with E-state index in [-0.39, 0.29) is 17.7 Å². The molecule has 0 spiro atoms. The van der Waals surface area contributed by atoms with Crippen molar-refractivity contribution < 1.29 is 9.59 Å². The summed E-state index contributed by atoms with van der Waals surface area (Å²) in [5.74, 6) is -0.497. The number of carbonyl (C=O) groups is 2. The number of carbonyl (C=O) groups excluding carboxylic acids is 2. The molecule has 0 heterocycles. The van der Waals surface area contributed by atoms with Crippen LogP contribution < -0.4 is 16.0 Å². The summed E-state index contributed by atoms with van der Waals surface area (Å²) < 4.78 is 0. The largest absolute Gasteiger partial charge is 0.340 e. The molecule has 1 unspecified atom stereocenters. The number of benzene rings is 2. The van der Waals surface area contributed by atoms with E-state index in [0.717, 1.165) is 29.9 Å². The molecule has 5 heteroatoms. The van der Waals surface area contributed by atoms with Crippen molar-refractivity contribution >= 4 is 17.5 Å². The standard InChI is InChI=1S/C22H29N3O2/c1-5-23-14-17-9-7-11-19(13-17)24-22(27)20(15(2)3)25-21(26)18-10-6-8-16(4)12-18/h6-13,15,20,23H,5,14H2,1-4H3,(H,24,27)(H,25,26). The minimum absolute atomic E-state index is 0.0382. The summed E-state index contributed by atoms with van der Waals surface area (Å²) in [6, 6.07) is 14.4. The fraction of sp³-hybridized carbons (Fsp3) is 0.364. The molecule has 0 saturated carbocycles. The summed E-state index contributed by atoms with van der Waals surface area (Å²) in [7, 11) is 0. The zero-order valence-corrected chi connectivity index (χ0v) is 16.5. The lowest BCUT2D eigenvalue weighted by molar-refractivity contribution is -0.118. The average molecular weight is 367 g/mol. The molecule has 2 aromatic carbocycles. The molecule has 0 aromatic heterocycles. The Labute approximate surface area is 161 Å². The summed E-state index contributed by atoms with van der Waals surface area (Å²) in [6.07, 6.45) is 0. The van der Waals surface area contributed by atoms with E-state index in [9.17, 15) is 9.59 Å². The van der Waals surface area contributed by atoms with Gasteiger partial charge in [-0.25, -0.2) is 0 Å². The Balaban J connectivity index is 2.07. The zero-order chi connectivity index (χ0) is 19.8. The van der Waals surface area contributed by atoms with Crippen LogP contribution in [-0.4, -0.2) is 24.4 Å². The third-order valence-electron chi connectivity index (χ3n) is 4.29. The van der Waals surface area contributed by atoms with Crippen molar-refractivity contribution in [2.75, 3.05) is 11.9 Å². The highest BCUT2D eigenvalue weighted by Crippen LogP contribution is 2.13. The van der Waals surface area contributed by atoms with Gasteiger partial charge >= 0.3 is 0 Å². The highest BCUT2D eigenvalue weighted by Gasteiger charge is 2.24. The summed E-state index contributed by atoms with van der Waals surface area (Å²) in [5.41, 5.74) is 3.39. The van der Waals surface area contributed by atoms with E-state index in [4.69, 9.17) is 0 Å². The maximum absolute atomic E-state index is 12.8. The monoisotopic (exact) mass is 367 g/mol. The van der Waals surface area contributed by atoms with Crippen molar-refractivity contribution in [1.82, 2.24) is 10.6 Å². The molecule has 0 aliphatic rings. The fourth-order valence-electron chi connectivity index (χ4n) is 2.79. The van der Waals surface area contributed by atoms with Gasteiger partial charge in [-0.05, 0) is 49.2 Å². The van der Waals surface area contributed by atoms with Gasteiger partial charge < -0.3 is 16.0 Å². The van der Waals surface area contributed by atoms with Crippen LogP contribution in [0, 0.1) is 12.8 Å². The van der Waals surface area contributed by atoms with Crippen LogP contribution in [0.5, 0.6) is 0 Å². The minimum Gasteiger partial charge on any atom is -0.340 e. The molecule has 2 aromatic rings. The first-order chi connectivity index (χ1) is 12.9. The Morgan fingerprint density at radius 2 is 1.78 bits per heavy atom. The SMILES string of the molecule is CCNCc1cccc(NC(=O)C(NC(=O)c2cccc(C)c2)C(C)C)c1. The Morgan fingerprint density at radius 1 is 1.04 bits per heavy atom. The molecule has 0 bridgehead atoms. The second-order valence-corrected chi connectivity index (χ2v) is 7.03. The van der Waals surface area contributed by atoms with Gasteiger partial charge in [0.1, 0.15) is 6.04 Å². The summed E-state index contributed by atoms with van der Waals surface area (Å²) in [6.45, 7) is 9.46. The molecular formula is C22H29N3O2. The maximum Gasteiger partial charge on any atom is 0.251 e. The van der Waals surface area contributed by atoms with E-state index in [1.165, 1.54) is 0 Å². The van der Waals surface area contributed by atoms with Crippen LogP contribution >= 0.6 is 0 Å². The van der Waals surface area contributed by atoms with Gasteiger partial charge in [-0.1, -0.05) is 50.6 Å². The number of nitrogens with one attached hydrogen (secondary N) is 3. The first-order valence-electron chi connectivity index (χ1n) is 9.38. The van der Waals surface area contributed by atoms with Crippen molar-refractivity contribution in [3.63, 3.8) is 0 Å². The number of aryl methyl sites for hydroxylation is 1. The van der Waals surface area contributed by atoms with Crippen LogP contribution in [0.4, 0.5) is 5.69 Å². The molecule has 0 radical (unpaired) electrons. The van der Waals surface area contributed by atoms with Crippen molar-refractivity contribution in [3.05, 3.63) is 65.2 Å². The topological polar surface area (TPSA) is 70.2 Å². The number of rotatable bonds is 8. The lowest BCUT2D eigenvalue weighted by Gasteiger charge is -2.22. The first-order valence-corrected chi connectivity index (χ1v) is 9.38. The van der Waals surface area contributed by atoms with Gasteiger partial charge in [0.25, 0.3) is 5.91 Å². The molecule has 0 aliphatic heterocycles. The summed E-state index contributed by atoms with van der Waals surface area (Å²) >= 11 is 0. The van der Waals surface area contributed by atoms with Gasteiger partial charge in [0.05, 0.1) is 0 Å². The lowest BCUT2D eigenvalue weighted by atomic mass is 10.0. The van der Waals surface area contributed by atoms with E-state index in [0.29, 0.717) is 5.56 Å². The van der Waals surface area contributed by atoms with E-state index in [1.807, 2.05) is 63.2 Å². The molecule has 0 aliphatic carbocycles.